The Hall–Kier alpha value is -1.41. The Bertz CT molecular complexity index is 759. The Morgan fingerprint density at radius 2 is 1.91 bits per heavy atom. The quantitative estimate of drug-likeness (QED) is 0.847. The van der Waals surface area contributed by atoms with Crippen LogP contribution in [0.4, 0.5) is 0 Å². The van der Waals surface area contributed by atoms with Crippen molar-refractivity contribution < 1.29 is 13.2 Å². The molecule has 0 radical (unpaired) electrons. The molecule has 1 N–H and O–H groups in total. The molecule has 0 fully saturated rings. The monoisotopic (exact) mass is 372 g/mol. The van der Waals surface area contributed by atoms with Crippen LogP contribution in [0.1, 0.15) is 17.2 Å². The van der Waals surface area contributed by atoms with Gasteiger partial charge in [0.15, 0.2) is 0 Å². The molecule has 0 bridgehead atoms. The van der Waals surface area contributed by atoms with Gasteiger partial charge < -0.3 is 5.32 Å². The van der Waals surface area contributed by atoms with Crippen LogP contribution in [0, 0.1) is 0 Å². The molecule has 0 aliphatic rings. The van der Waals surface area contributed by atoms with Gasteiger partial charge in [-0.1, -0.05) is 23.7 Å². The SMILES string of the molecule is CN(CC(=O)NC(c1ccc(Cl)cc1)c1ccsc1)S(C)(=O)=O. The van der Waals surface area contributed by atoms with E-state index in [0.717, 1.165) is 21.7 Å². The number of carbonyl (C=O) groups excluding carboxylic acids is 1. The third kappa shape index (κ3) is 5.04. The van der Waals surface area contributed by atoms with Crippen molar-refractivity contribution in [3.05, 3.63) is 57.2 Å². The first-order chi connectivity index (χ1) is 10.8. The molecular weight excluding hydrogens is 356 g/mol. The average Bonchev–Trinajstić information content (AvgIpc) is 2.98. The van der Waals surface area contributed by atoms with Crippen LogP contribution < -0.4 is 5.32 Å². The van der Waals surface area contributed by atoms with Crippen LogP contribution in [0.15, 0.2) is 41.1 Å². The van der Waals surface area contributed by atoms with Crippen LogP contribution in [0.3, 0.4) is 0 Å². The molecule has 0 spiro atoms. The Morgan fingerprint density at radius 3 is 2.43 bits per heavy atom. The number of nitrogens with one attached hydrogen (secondary N) is 1. The number of benzene rings is 1. The van der Waals surface area contributed by atoms with Crippen molar-refractivity contribution in [1.29, 1.82) is 0 Å². The van der Waals surface area contributed by atoms with Gasteiger partial charge in [0.2, 0.25) is 15.9 Å². The lowest BCUT2D eigenvalue weighted by Crippen LogP contribution is -2.39. The second-order valence-electron chi connectivity index (χ2n) is 5.13. The molecule has 1 aromatic heterocycles. The summed E-state index contributed by atoms with van der Waals surface area (Å²) in [5.41, 5.74) is 1.82. The highest BCUT2D eigenvalue weighted by Gasteiger charge is 2.20. The zero-order valence-electron chi connectivity index (χ0n) is 12.7. The molecule has 1 aromatic carbocycles. The molecule has 1 heterocycles. The highest BCUT2D eigenvalue weighted by Crippen LogP contribution is 2.25. The van der Waals surface area contributed by atoms with Crippen molar-refractivity contribution in [2.24, 2.45) is 0 Å². The second kappa shape index (κ2) is 7.44. The molecule has 1 amide bonds. The van der Waals surface area contributed by atoms with E-state index in [1.165, 1.54) is 18.4 Å². The first kappa shape index (κ1) is 17.9. The second-order valence-corrected chi connectivity index (χ2v) is 8.43. The molecule has 2 aromatic rings. The van der Waals surface area contributed by atoms with Gasteiger partial charge in [-0.25, -0.2) is 8.42 Å². The molecule has 2 rings (SSSR count). The number of halogens is 1. The molecule has 5 nitrogen and oxygen atoms in total. The van der Waals surface area contributed by atoms with Crippen molar-refractivity contribution in [3.63, 3.8) is 0 Å². The smallest absolute Gasteiger partial charge is 0.236 e. The van der Waals surface area contributed by atoms with Crippen LogP contribution in [0.2, 0.25) is 5.02 Å². The molecule has 0 aliphatic carbocycles. The Morgan fingerprint density at radius 1 is 1.26 bits per heavy atom. The Balaban J connectivity index is 2.19. The van der Waals surface area contributed by atoms with Gasteiger partial charge in [0.25, 0.3) is 0 Å². The van der Waals surface area contributed by atoms with Crippen molar-refractivity contribution in [3.8, 4) is 0 Å². The summed E-state index contributed by atoms with van der Waals surface area (Å²) < 4.78 is 23.9. The van der Waals surface area contributed by atoms with E-state index in [0.29, 0.717) is 5.02 Å². The highest BCUT2D eigenvalue weighted by molar-refractivity contribution is 7.88. The van der Waals surface area contributed by atoms with Gasteiger partial charge in [0, 0.05) is 12.1 Å². The van der Waals surface area contributed by atoms with Gasteiger partial charge in [-0.2, -0.15) is 15.6 Å². The number of sulfonamides is 1. The van der Waals surface area contributed by atoms with Gasteiger partial charge in [-0.15, -0.1) is 0 Å². The lowest BCUT2D eigenvalue weighted by atomic mass is 10.0. The van der Waals surface area contributed by atoms with Gasteiger partial charge in [0.05, 0.1) is 18.8 Å². The van der Waals surface area contributed by atoms with E-state index in [1.54, 1.807) is 12.1 Å². The first-order valence-corrected chi connectivity index (χ1v) is 9.92. The van der Waals surface area contributed by atoms with Crippen molar-refractivity contribution in [2.75, 3.05) is 19.8 Å². The third-order valence-corrected chi connectivity index (χ3v) is 5.53. The number of carbonyl (C=O) groups is 1. The summed E-state index contributed by atoms with van der Waals surface area (Å²) in [6.45, 7) is -0.229. The normalized spacial score (nSPS) is 13.0. The van der Waals surface area contributed by atoms with Crippen molar-refractivity contribution in [2.45, 2.75) is 6.04 Å². The maximum absolute atomic E-state index is 12.2. The topological polar surface area (TPSA) is 66.5 Å². The van der Waals surface area contributed by atoms with Crippen LogP contribution >= 0.6 is 22.9 Å². The predicted octanol–water partition coefficient (Wildman–Crippen LogP) is 2.50. The van der Waals surface area contributed by atoms with Crippen molar-refractivity contribution in [1.82, 2.24) is 9.62 Å². The number of hydrogen-bond donors (Lipinski definition) is 1. The van der Waals surface area contributed by atoms with E-state index in [4.69, 9.17) is 11.6 Å². The lowest BCUT2D eigenvalue weighted by Gasteiger charge is -2.20. The zero-order chi connectivity index (χ0) is 17.0. The summed E-state index contributed by atoms with van der Waals surface area (Å²) >= 11 is 7.43. The summed E-state index contributed by atoms with van der Waals surface area (Å²) in [5.74, 6) is -0.371. The van der Waals surface area contributed by atoms with Gasteiger partial charge in [0.1, 0.15) is 0 Å². The highest BCUT2D eigenvalue weighted by atomic mass is 35.5. The molecule has 8 heteroatoms. The molecule has 1 atom stereocenters. The molecular formula is C15H17ClN2O3S2. The fourth-order valence-corrected chi connectivity index (χ4v) is 3.14. The first-order valence-electron chi connectivity index (χ1n) is 6.75. The van der Waals surface area contributed by atoms with Gasteiger partial charge in [-0.3, -0.25) is 4.79 Å². The average molecular weight is 373 g/mol. The minimum atomic E-state index is -3.40. The van der Waals surface area contributed by atoms with Gasteiger partial charge in [-0.05, 0) is 40.1 Å². The minimum absolute atomic E-state index is 0.229. The van der Waals surface area contributed by atoms with Crippen molar-refractivity contribution >= 4 is 38.9 Å². The van der Waals surface area contributed by atoms with Crippen LogP contribution in [0.25, 0.3) is 0 Å². The molecule has 124 valence electrons. The molecule has 0 aliphatic heterocycles. The Labute approximate surface area is 144 Å². The molecule has 1 unspecified atom stereocenters. The third-order valence-electron chi connectivity index (χ3n) is 3.32. The standard InChI is InChI=1S/C15H17ClN2O3S2/c1-18(23(2,20)21)9-14(19)17-15(12-7-8-22-10-12)11-3-5-13(16)6-4-11/h3-8,10,15H,9H2,1-2H3,(H,17,19). The van der Waals surface area contributed by atoms with E-state index in [-0.39, 0.29) is 18.5 Å². The largest absolute Gasteiger partial charge is 0.344 e. The van der Waals surface area contributed by atoms with E-state index in [9.17, 15) is 13.2 Å². The summed E-state index contributed by atoms with van der Waals surface area (Å²) in [5, 5.41) is 7.36. The predicted molar refractivity (Wildman–Crippen MR) is 93.2 cm³/mol. The van der Waals surface area contributed by atoms with Crippen LogP contribution in [-0.2, 0) is 14.8 Å². The number of rotatable bonds is 6. The van der Waals surface area contributed by atoms with Crippen LogP contribution in [-0.4, -0.2) is 38.5 Å². The maximum atomic E-state index is 12.2. The molecule has 0 saturated carbocycles. The number of amides is 1. The summed E-state index contributed by atoms with van der Waals surface area (Å²) in [4.78, 5) is 12.2. The maximum Gasteiger partial charge on any atom is 0.236 e. The van der Waals surface area contributed by atoms with E-state index < -0.39 is 10.0 Å². The Kier molecular flexibility index (Phi) is 5.80. The number of likely N-dealkylation sites (N-methyl/N-ethyl adjacent to an activating group) is 1. The minimum Gasteiger partial charge on any atom is -0.344 e. The number of nitrogens with zero attached hydrogens (tertiary/aromatic N) is 1. The van der Waals surface area contributed by atoms with E-state index in [2.05, 4.69) is 5.32 Å². The summed E-state index contributed by atoms with van der Waals surface area (Å²) in [6, 6.07) is 8.76. The summed E-state index contributed by atoms with van der Waals surface area (Å²) in [6.07, 6.45) is 1.07. The zero-order valence-corrected chi connectivity index (χ0v) is 15.1. The number of thiophene rings is 1. The fourth-order valence-electron chi connectivity index (χ4n) is 1.98. The molecule has 23 heavy (non-hydrogen) atoms. The van der Waals surface area contributed by atoms with Crippen LogP contribution in [0.5, 0.6) is 0 Å². The van der Waals surface area contributed by atoms with E-state index >= 15 is 0 Å². The summed E-state index contributed by atoms with van der Waals surface area (Å²) in [7, 11) is -2.03. The number of hydrogen-bond acceptors (Lipinski definition) is 4. The molecule has 0 saturated heterocycles. The van der Waals surface area contributed by atoms with Gasteiger partial charge >= 0.3 is 0 Å². The fraction of sp³-hybridized carbons (Fsp3) is 0.267. The lowest BCUT2D eigenvalue weighted by molar-refractivity contribution is -0.121. The van der Waals surface area contributed by atoms with E-state index in [1.807, 2.05) is 29.0 Å².